The van der Waals surface area contributed by atoms with Crippen LogP contribution in [0.3, 0.4) is 0 Å². The summed E-state index contributed by atoms with van der Waals surface area (Å²) in [5.41, 5.74) is 3.23. The van der Waals surface area contributed by atoms with Gasteiger partial charge in [-0.25, -0.2) is 0 Å². The number of hydrogen-bond donors (Lipinski definition) is 1. The van der Waals surface area contributed by atoms with Gasteiger partial charge in [-0.15, -0.1) is 0 Å². The molecule has 2 aromatic rings. The number of carbonyl (C=O) groups excluding carboxylic acids is 2. The van der Waals surface area contributed by atoms with E-state index in [2.05, 4.69) is 22.4 Å². The molecule has 3 rings (SSSR count). The number of aromatic nitrogens is 1. The van der Waals surface area contributed by atoms with Crippen molar-refractivity contribution in [1.29, 1.82) is 0 Å². The predicted octanol–water partition coefficient (Wildman–Crippen LogP) is 2.42. The maximum Gasteiger partial charge on any atom is 0.272 e. The average molecular weight is 323 g/mol. The monoisotopic (exact) mass is 323 g/mol. The van der Waals surface area contributed by atoms with Crippen molar-refractivity contribution >= 4 is 11.8 Å². The summed E-state index contributed by atoms with van der Waals surface area (Å²) in [7, 11) is 0. The van der Waals surface area contributed by atoms with E-state index in [0.717, 1.165) is 6.42 Å². The molecular formula is C19H21N3O2. The van der Waals surface area contributed by atoms with Gasteiger partial charge < -0.3 is 10.2 Å². The van der Waals surface area contributed by atoms with E-state index in [1.54, 1.807) is 17.0 Å². The number of fused-ring (bicyclic) bond motifs is 1. The van der Waals surface area contributed by atoms with Gasteiger partial charge >= 0.3 is 0 Å². The van der Waals surface area contributed by atoms with Gasteiger partial charge in [-0.05, 0) is 43.5 Å². The van der Waals surface area contributed by atoms with Crippen LogP contribution in [0.15, 0.2) is 42.6 Å². The number of pyridine rings is 1. The highest BCUT2D eigenvalue weighted by Crippen LogP contribution is 2.20. The van der Waals surface area contributed by atoms with E-state index < -0.39 is 0 Å². The number of carbonyl (C=O) groups is 2. The Morgan fingerprint density at radius 3 is 2.67 bits per heavy atom. The van der Waals surface area contributed by atoms with Crippen LogP contribution in [0.4, 0.5) is 0 Å². The normalized spacial score (nSPS) is 13.5. The summed E-state index contributed by atoms with van der Waals surface area (Å²) in [6, 6.07) is 11.4. The van der Waals surface area contributed by atoms with Crippen LogP contribution >= 0.6 is 0 Å². The quantitative estimate of drug-likeness (QED) is 0.943. The molecule has 0 unspecified atom stereocenters. The van der Waals surface area contributed by atoms with Gasteiger partial charge in [-0.3, -0.25) is 14.6 Å². The second kappa shape index (κ2) is 6.83. The zero-order valence-electron chi connectivity index (χ0n) is 14.0. The van der Waals surface area contributed by atoms with Crippen molar-refractivity contribution in [3.05, 3.63) is 65.0 Å². The van der Waals surface area contributed by atoms with E-state index in [4.69, 9.17) is 0 Å². The van der Waals surface area contributed by atoms with Crippen LogP contribution in [0.1, 0.15) is 45.8 Å². The number of amides is 2. The Labute approximate surface area is 141 Å². The van der Waals surface area contributed by atoms with Gasteiger partial charge in [-0.2, -0.15) is 0 Å². The molecule has 0 atom stereocenters. The Bertz CT molecular complexity index is 771. The van der Waals surface area contributed by atoms with E-state index in [0.29, 0.717) is 24.3 Å². The number of nitrogens with one attached hydrogen (secondary N) is 1. The fourth-order valence-electron chi connectivity index (χ4n) is 2.87. The summed E-state index contributed by atoms with van der Waals surface area (Å²) in [5, 5.41) is 2.83. The number of hydrogen-bond acceptors (Lipinski definition) is 3. The molecule has 0 saturated heterocycles. The van der Waals surface area contributed by atoms with Crippen molar-refractivity contribution < 1.29 is 9.59 Å². The molecule has 0 fully saturated rings. The maximum absolute atomic E-state index is 12.7. The SMILES string of the molecule is CC(C)NC(=O)c1ccnc(C(=O)N2CCc3ccccc3C2)c1. The first-order chi connectivity index (χ1) is 11.5. The Morgan fingerprint density at radius 2 is 1.92 bits per heavy atom. The molecule has 1 N–H and O–H groups in total. The van der Waals surface area contributed by atoms with E-state index in [1.165, 1.54) is 17.3 Å². The lowest BCUT2D eigenvalue weighted by Gasteiger charge is -2.28. The van der Waals surface area contributed by atoms with Crippen molar-refractivity contribution in [2.24, 2.45) is 0 Å². The van der Waals surface area contributed by atoms with Crippen molar-refractivity contribution in [1.82, 2.24) is 15.2 Å². The Kier molecular flexibility index (Phi) is 4.60. The molecule has 0 radical (unpaired) electrons. The molecular weight excluding hydrogens is 302 g/mol. The Hall–Kier alpha value is -2.69. The fourth-order valence-corrected chi connectivity index (χ4v) is 2.87. The molecule has 0 aliphatic carbocycles. The summed E-state index contributed by atoms with van der Waals surface area (Å²) in [6.45, 7) is 5.05. The van der Waals surface area contributed by atoms with E-state index in [9.17, 15) is 9.59 Å². The third-order valence-corrected chi connectivity index (χ3v) is 4.08. The minimum atomic E-state index is -0.189. The zero-order chi connectivity index (χ0) is 17.1. The highest BCUT2D eigenvalue weighted by Gasteiger charge is 2.23. The van der Waals surface area contributed by atoms with Crippen molar-refractivity contribution in [3.8, 4) is 0 Å². The predicted molar refractivity (Wildman–Crippen MR) is 91.7 cm³/mol. The van der Waals surface area contributed by atoms with Crippen LogP contribution in [-0.2, 0) is 13.0 Å². The molecule has 24 heavy (non-hydrogen) atoms. The van der Waals surface area contributed by atoms with Gasteiger partial charge in [0.1, 0.15) is 5.69 Å². The largest absolute Gasteiger partial charge is 0.350 e. The van der Waals surface area contributed by atoms with Crippen LogP contribution in [0.2, 0.25) is 0 Å². The lowest BCUT2D eigenvalue weighted by Crippen LogP contribution is -2.36. The van der Waals surface area contributed by atoms with Crippen LogP contribution in [-0.4, -0.2) is 34.3 Å². The molecule has 2 amide bonds. The first kappa shape index (κ1) is 16.2. The summed E-state index contributed by atoms with van der Waals surface area (Å²) in [6.07, 6.45) is 2.36. The highest BCUT2D eigenvalue weighted by molar-refractivity contribution is 5.98. The zero-order valence-corrected chi connectivity index (χ0v) is 14.0. The summed E-state index contributed by atoms with van der Waals surface area (Å²) in [4.78, 5) is 30.8. The van der Waals surface area contributed by atoms with Gasteiger partial charge in [-0.1, -0.05) is 24.3 Å². The molecule has 1 aliphatic rings. The second-order valence-electron chi connectivity index (χ2n) is 6.30. The summed E-state index contributed by atoms with van der Waals surface area (Å²) < 4.78 is 0. The lowest BCUT2D eigenvalue weighted by molar-refractivity contribution is 0.0728. The number of rotatable bonds is 3. The smallest absolute Gasteiger partial charge is 0.272 e. The van der Waals surface area contributed by atoms with Gasteiger partial charge in [0, 0.05) is 30.9 Å². The van der Waals surface area contributed by atoms with Crippen molar-refractivity contribution in [2.45, 2.75) is 32.9 Å². The second-order valence-corrected chi connectivity index (χ2v) is 6.30. The topological polar surface area (TPSA) is 62.3 Å². The van der Waals surface area contributed by atoms with Crippen LogP contribution < -0.4 is 5.32 Å². The van der Waals surface area contributed by atoms with Gasteiger partial charge in [0.05, 0.1) is 0 Å². The van der Waals surface area contributed by atoms with Gasteiger partial charge in [0.2, 0.25) is 0 Å². The van der Waals surface area contributed by atoms with Crippen molar-refractivity contribution in [3.63, 3.8) is 0 Å². The standard InChI is InChI=1S/C19H21N3O2/c1-13(2)21-18(23)15-7-9-20-17(11-15)19(24)22-10-8-14-5-3-4-6-16(14)12-22/h3-7,9,11,13H,8,10,12H2,1-2H3,(H,21,23). The highest BCUT2D eigenvalue weighted by atomic mass is 16.2. The minimum absolute atomic E-state index is 0.0448. The minimum Gasteiger partial charge on any atom is -0.350 e. The third-order valence-electron chi connectivity index (χ3n) is 4.08. The molecule has 5 heteroatoms. The van der Waals surface area contributed by atoms with Gasteiger partial charge in [0.25, 0.3) is 11.8 Å². The molecule has 2 heterocycles. The molecule has 5 nitrogen and oxygen atoms in total. The van der Waals surface area contributed by atoms with Crippen LogP contribution in [0.5, 0.6) is 0 Å². The third kappa shape index (κ3) is 3.45. The molecule has 0 bridgehead atoms. The molecule has 1 aromatic heterocycles. The molecule has 1 aromatic carbocycles. The molecule has 0 spiro atoms. The number of benzene rings is 1. The maximum atomic E-state index is 12.7. The lowest BCUT2D eigenvalue weighted by atomic mass is 9.99. The summed E-state index contributed by atoms with van der Waals surface area (Å²) >= 11 is 0. The van der Waals surface area contributed by atoms with E-state index in [-0.39, 0.29) is 17.9 Å². The average Bonchev–Trinajstić information content (AvgIpc) is 2.60. The van der Waals surface area contributed by atoms with Crippen LogP contribution in [0.25, 0.3) is 0 Å². The van der Waals surface area contributed by atoms with E-state index in [1.807, 2.05) is 26.0 Å². The first-order valence-electron chi connectivity index (χ1n) is 8.17. The van der Waals surface area contributed by atoms with Gasteiger partial charge in [0.15, 0.2) is 0 Å². The summed E-state index contributed by atoms with van der Waals surface area (Å²) in [5.74, 6) is -0.325. The molecule has 1 aliphatic heterocycles. The van der Waals surface area contributed by atoms with E-state index >= 15 is 0 Å². The number of nitrogens with zero attached hydrogens (tertiary/aromatic N) is 2. The van der Waals surface area contributed by atoms with Crippen LogP contribution in [0, 0.1) is 0 Å². The Balaban J connectivity index is 1.77. The first-order valence-corrected chi connectivity index (χ1v) is 8.17. The molecule has 124 valence electrons. The Morgan fingerprint density at radius 1 is 1.17 bits per heavy atom. The fraction of sp³-hybridized carbons (Fsp3) is 0.316. The molecule has 0 saturated carbocycles. The van der Waals surface area contributed by atoms with Crippen molar-refractivity contribution in [2.75, 3.05) is 6.54 Å².